The van der Waals surface area contributed by atoms with Crippen molar-refractivity contribution in [3.8, 4) is 0 Å². The van der Waals surface area contributed by atoms with Gasteiger partial charge in [-0.2, -0.15) is 0 Å². The third-order valence-electron chi connectivity index (χ3n) is 4.65. The first-order valence-electron chi connectivity index (χ1n) is 8.40. The van der Waals surface area contributed by atoms with E-state index in [4.69, 9.17) is 5.73 Å². The summed E-state index contributed by atoms with van der Waals surface area (Å²) in [6.45, 7) is 4.66. The Hall–Kier alpha value is -1.88. The number of rotatable bonds is 6. The van der Waals surface area contributed by atoms with Crippen LogP contribution in [-0.2, 0) is 16.1 Å². The molecule has 3 N–H and O–H groups in total. The number of hydrogen-bond donors (Lipinski definition) is 2. The topological polar surface area (TPSA) is 75.4 Å². The molecule has 0 unspecified atom stereocenters. The number of nitrogens with two attached hydrogens (primary N) is 1. The van der Waals surface area contributed by atoms with E-state index in [-0.39, 0.29) is 23.8 Å². The predicted octanol–water partition coefficient (Wildman–Crippen LogP) is 2.51. The maximum atomic E-state index is 12.3. The monoisotopic (exact) mass is 317 g/mol. The molecule has 1 aliphatic carbocycles. The molecular weight excluding hydrogens is 290 g/mol. The number of amides is 2. The fourth-order valence-electron chi connectivity index (χ4n) is 3.19. The third-order valence-corrected chi connectivity index (χ3v) is 4.65. The van der Waals surface area contributed by atoms with Crippen LogP contribution in [0.5, 0.6) is 0 Å². The number of para-hydroxylation sites is 1. The van der Waals surface area contributed by atoms with Crippen LogP contribution in [-0.4, -0.2) is 29.3 Å². The predicted molar refractivity (Wildman–Crippen MR) is 91.8 cm³/mol. The molecule has 5 nitrogen and oxygen atoms in total. The molecule has 1 saturated carbocycles. The third kappa shape index (κ3) is 4.79. The molecule has 1 aromatic rings. The van der Waals surface area contributed by atoms with Gasteiger partial charge in [0.25, 0.3) is 0 Å². The van der Waals surface area contributed by atoms with Crippen molar-refractivity contribution in [1.82, 2.24) is 4.90 Å². The van der Waals surface area contributed by atoms with E-state index in [1.54, 1.807) is 11.8 Å². The molecule has 2 amide bonds. The molecule has 0 aromatic heterocycles. The van der Waals surface area contributed by atoms with Gasteiger partial charge >= 0.3 is 0 Å². The average Bonchev–Trinajstić information content (AvgIpc) is 2.91. The summed E-state index contributed by atoms with van der Waals surface area (Å²) in [6.07, 6.45) is 3.63. The Morgan fingerprint density at radius 1 is 1.30 bits per heavy atom. The summed E-state index contributed by atoms with van der Waals surface area (Å²) in [7, 11) is 0. The Bertz CT molecular complexity index is 559. The molecule has 126 valence electrons. The van der Waals surface area contributed by atoms with Crippen molar-refractivity contribution >= 4 is 17.5 Å². The molecule has 1 aliphatic rings. The normalized spacial score (nSPS) is 20.3. The summed E-state index contributed by atoms with van der Waals surface area (Å²) in [6, 6.07) is 7.79. The van der Waals surface area contributed by atoms with Gasteiger partial charge in [-0.05, 0) is 37.3 Å². The van der Waals surface area contributed by atoms with Crippen molar-refractivity contribution in [3.63, 3.8) is 0 Å². The van der Waals surface area contributed by atoms with Crippen LogP contribution in [0.4, 0.5) is 5.69 Å². The zero-order valence-corrected chi connectivity index (χ0v) is 14.0. The molecule has 2 rings (SSSR count). The lowest BCUT2D eigenvalue weighted by Gasteiger charge is -2.21. The molecule has 2 atom stereocenters. The van der Waals surface area contributed by atoms with Gasteiger partial charge in [-0.3, -0.25) is 9.59 Å². The fraction of sp³-hybridized carbons (Fsp3) is 0.556. The van der Waals surface area contributed by atoms with E-state index in [9.17, 15) is 9.59 Å². The van der Waals surface area contributed by atoms with Crippen LogP contribution in [0.1, 0.15) is 45.1 Å². The van der Waals surface area contributed by atoms with Gasteiger partial charge in [-0.15, -0.1) is 0 Å². The zero-order valence-electron chi connectivity index (χ0n) is 14.0. The van der Waals surface area contributed by atoms with Crippen LogP contribution in [0, 0.1) is 5.92 Å². The highest BCUT2D eigenvalue weighted by Gasteiger charge is 2.26. The highest BCUT2D eigenvalue weighted by Crippen LogP contribution is 2.27. The number of anilines is 1. The number of nitrogens with one attached hydrogen (secondary N) is 1. The largest absolute Gasteiger partial charge is 0.339 e. The first-order chi connectivity index (χ1) is 11.0. The Morgan fingerprint density at radius 2 is 2.04 bits per heavy atom. The lowest BCUT2D eigenvalue weighted by atomic mass is 9.99. The van der Waals surface area contributed by atoms with Crippen molar-refractivity contribution in [3.05, 3.63) is 29.8 Å². The zero-order chi connectivity index (χ0) is 16.8. The summed E-state index contributed by atoms with van der Waals surface area (Å²) in [5.74, 6) is 0.322. The smallest absolute Gasteiger partial charge is 0.224 e. The van der Waals surface area contributed by atoms with E-state index in [2.05, 4.69) is 5.32 Å². The quantitative estimate of drug-likeness (QED) is 0.846. The Balaban J connectivity index is 2.02. The molecule has 0 heterocycles. The minimum Gasteiger partial charge on any atom is -0.339 e. The number of carbonyl (C=O) groups excluding carboxylic acids is 2. The molecule has 1 fully saturated rings. The molecular formula is C18H27N3O2. The van der Waals surface area contributed by atoms with E-state index in [1.165, 1.54) is 0 Å². The van der Waals surface area contributed by atoms with E-state index < -0.39 is 0 Å². The maximum absolute atomic E-state index is 12.3. The van der Waals surface area contributed by atoms with Gasteiger partial charge < -0.3 is 16.0 Å². The molecule has 0 aliphatic heterocycles. The number of benzene rings is 1. The highest BCUT2D eigenvalue weighted by molar-refractivity contribution is 5.91. The van der Waals surface area contributed by atoms with Crippen molar-refractivity contribution in [2.24, 2.45) is 11.7 Å². The van der Waals surface area contributed by atoms with Crippen molar-refractivity contribution in [1.29, 1.82) is 0 Å². The molecule has 0 bridgehead atoms. The maximum Gasteiger partial charge on any atom is 0.224 e. The standard InChI is InChI=1S/C18H27N3O2/c1-3-21(13(2)22)12-15-7-4-5-10-17(15)20-18(23)11-14-8-6-9-16(14)19/h4-5,7,10,14,16H,3,6,8-9,11-12,19H2,1-2H3,(H,20,23)/t14-,16+/m0/s1. The Morgan fingerprint density at radius 3 is 2.65 bits per heavy atom. The van der Waals surface area contributed by atoms with Gasteiger partial charge in [-0.25, -0.2) is 0 Å². The molecule has 0 saturated heterocycles. The van der Waals surface area contributed by atoms with Gasteiger partial charge in [-0.1, -0.05) is 24.6 Å². The Kier molecular flexibility index (Phi) is 6.16. The molecule has 23 heavy (non-hydrogen) atoms. The van der Waals surface area contributed by atoms with E-state index in [0.717, 1.165) is 30.5 Å². The van der Waals surface area contributed by atoms with E-state index in [1.807, 2.05) is 31.2 Å². The molecule has 5 heteroatoms. The van der Waals surface area contributed by atoms with Crippen LogP contribution in [0.25, 0.3) is 0 Å². The second-order valence-corrected chi connectivity index (χ2v) is 6.30. The van der Waals surface area contributed by atoms with Gasteiger partial charge in [0.2, 0.25) is 11.8 Å². The van der Waals surface area contributed by atoms with Crippen LogP contribution in [0.15, 0.2) is 24.3 Å². The fourth-order valence-corrected chi connectivity index (χ4v) is 3.19. The first kappa shape index (κ1) is 17.5. The van der Waals surface area contributed by atoms with Crippen molar-refractivity contribution in [2.45, 2.75) is 52.1 Å². The lowest BCUT2D eigenvalue weighted by molar-refractivity contribution is -0.129. The van der Waals surface area contributed by atoms with Crippen molar-refractivity contribution in [2.75, 3.05) is 11.9 Å². The van der Waals surface area contributed by atoms with Crippen molar-refractivity contribution < 1.29 is 9.59 Å². The van der Waals surface area contributed by atoms with Crippen LogP contribution in [0.2, 0.25) is 0 Å². The summed E-state index contributed by atoms with van der Waals surface area (Å²) >= 11 is 0. The summed E-state index contributed by atoms with van der Waals surface area (Å²) < 4.78 is 0. The summed E-state index contributed by atoms with van der Waals surface area (Å²) in [5, 5.41) is 2.99. The lowest BCUT2D eigenvalue weighted by Crippen LogP contribution is -2.29. The van der Waals surface area contributed by atoms with Crippen LogP contribution >= 0.6 is 0 Å². The van der Waals surface area contributed by atoms with Crippen LogP contribution < -0.4 is 11.1 Å². The van der Waals surface area contributed by atoms with Gasteiger partial charge in [0, 0.05) is 38.2 Å². The number of hydrogen-bond acceptors (Lipinski definition) is 3. The Labute approximate surface area is 138 Å². The number of carbonyl (C=O) groups is 2. The summed E-state index contributed by atoms with van der Waals surface area (Å²) in [4.78, 5) is 25.7. The molecule has 1 aromatic carbocycles. The summed E-state index contributed by atoms with van der Waals surface area (Å²) in [5.41, 5.74) is 7.78. The number of nitrogens with zero attached hydrogens (tertiary/aromatic N) is 1. The SMILES string of the molecule is CCN(Cc1ccccc1NC(=O)C[C@@H]1CCC[C@H]1N)C(C)=O. The van der Waals surface area contributed by atoms with Crippen LogP contribution in [0.3, 0.4) is 0 Å². The molecule has 0 spiro atoms. The first-order valence-corrected chi connectivity index (χ1v) is 8.40. The second-order valence-electron chi connectivity index (χ2n) is 6.30. The highest BCUT2D eigenvalue weighted by atomic mass is 16.2. The van der Waals surface area contributed by atoms with Gasteiger partial charge in [0.15, 0.2) is 0 Å². The minimum atomic E-state index is 0.00525. The van der Waals surface area contributed by atoms with Gasteiger partial charge in [0.05, 0.1) is 0 Å². The van der Waals surface area contributed by atoms with Gasteiger partial charge in [0.1, 0.15) is 0 Å². The minimum absolute atomic E-state index is 0.00525. The van der Waals surface area contributed by atoms with E-state index >= 15 is 0 Å². The van der Waals surface area contributed by atoms with E-state index in [0.29, 0.717) is 19.5 Å². The molecule has 0 radical (unpaired) electrons. The second kappa shape index (κ2) is 8.11. The average molecular weight is 317 g/mol.